The molecule has 0 aliphatic carbocycles. The van der Waals surface area contributed by atoms with Crippen molar-refractivity contribution in [2.24, 2.45) is 0 Å². The molecule has 4 nitrogen and oxygen atoms in total. The second-order valence-corrected chi connectivity index (χ2v) is 4.93. The Hall–Kier alpha value is -2.62. The summed E-state index contributed by atoms with van der Waals surface area (Å²) in [4.78, 5) is 23.7. The molecule has 0 radical (unpaired) electrons. The number of benzene rings is 2. The average molecular weight is 282 g/mol. The Morgan fingerprint density at radius 2 is 1.52 bits per heavy atom. The number of anilines is 1. The van der Waals surface area contributed by atoms with Gasteiger partial charge in [-0.25, -0.2) is 0 Å². The SMILES string of the molecule is Cc1ccc(NC(=O)C(=O)N[C@@H](C)c2ccccc2)cc1. The predicted molar refractivity (Wildman–Crippen MR) is 82.8 cm³/mol. The van der Waals surface area contributed by atoms with Gasteiger partial charge in [0, 0.05) is 5.69 Å². The van der Waals surface area contributed by atoms with Crippen molar-refractivity contribution in [3.05, 3.63) is 65.7 Å². The molecule has 2 aromatic rings. The topological polar surface area (TPSA) is 58.2 Å². The van der Waals surface area contributed by atoms with Crippen LogP contribution in [0.3, 0.4) is 0 Å². The molecular weight excluding hydrogens is 264 g/mol. The van der Waals surface area contributed by atoms with Gasteiger partial charge in [-0.2, -0.15) is 0 Å². The van der Waals surface area contributed by atoms with Crippen molar-refractivity contribution >= 4 is 17.5 Å². The molecule has 0 aromatic heterocycles. The van der Waals surface area contributed by atoms with E-state index in [-0.39, 0.29) is 6.04 Å². The summed E-state index contributed by atoms with van der Waals surface area (Å²) in [6, 6.07) is 16.6. The van der Waals surface area contributed by atoms with Crippen LogP contribution in [0.4, 0.5) is 5.69 Å². The average Bonchev–Trinajstić information content (AvgIpc) is 2.50. The predicted octanol–water partition coefficient (Wildman–Crippen LogP) is 2.81. The van der Waals surface area contributed by atoms with Gasteiger partial charge >= 0.3 is 11.8 Å². The largest absolute Gasteiger partial charge is 0.341 e. The number of aryl methyl sites for hydroxylation is 1. The third-order valence-corrected chi connectivity index (χ3v) is 3.16. The molecule has 0 bridgehead atoms. The lowest BCUT2D eigenvalue weighted by Gasteiger charge is -2.14. The van der Waals surface area contributed by atoms with Gasteiger partial charge in [-0.1, -0.05) is 48.0 Å². The highest BCUT2D eigenvalue weighted by molar-refractivity contribution is 6.39. The van der Waals surface area contributed by atoms with E-state index in [0.29, 0.717) is 5.69 Å². The van der Waals surface area contributed by atoms with E-state index in [2.05, 4.69) is 10.6 Å². The molecule has 108 valence electrons. The number of hydrogen-bond donors (Lipinski definition) is 2. The highest BCUT2D eigenvalue weighted by atomic mass is 16.2. The third kappa shape index (κ3) is 4.18. The van der Waals surface area contributed by atoms with E-state index in [4.69, 9.17) is 0 Å². The van der Waals surface area contributed by atoms with Gasteiger partial charge in [0.15, 0.2) is 0 Å². The molecule has 0 heterocycles. The molecule has 2 N–H and O–H groups in total. The zero-order valence-electron chi connectivity index (χ0n) is 12.1. The second kappa shape index (κ2) is 6.70. The van der Waals surface area contributed by atoms with Crippen LogP contribution in [-0.2, 0) is 9.59 Å². The minimum absolute atomic E-state index is 0.220. The first-order valence-corrected chi connectivity index (χ1v) is 6.79. The number of hydrogen-bond acceptors (Lipinski definition) is 2. The summed E-state index contributed by atoms with van der Waals surface area (Å²) in [5.74, 6) is -1.31. The first-order chi connectivity index (χ1) is 10.1. The highest BCUT2D eigenvalue weighted by Gasteiger charge is 2.16. The fraction of sp³-hybridized carbons (Fsp3) is 0.176. The van der Waals surface area contributed by atoms with Gasteiger partial charge in [-0.3, -0.25) is 9.59 Å². The molecule has 2 rings (SSSR count). The number of nitrogens with one attached hydrogen (secondary N) is 2. The normalized spacial score (nSPS) is 11.5. The molecule has 2 amide bonds. The maximum Gasteiger partial charge on any atom is 0.313 e. The summed E-state index contributed by atoms with van der Waals surface area (Å²) in [5, 5.41) is 5.25. The van der Waals surface area contributed by atoms with Gasteiger partial charge in [-0.05, 0) is 31.5 Å². The molecule has 2 aromatic carbocycles. The number of carbonyl (C=O) groups is 2. The summed E-state index contributed by atoms with van der Waals surface area (Å²) < 4.78 is 0. The van der Waals surface area contributed by atoms with E-state index in [1.165, 1.54) is 0 Å². The van der Waals surface area contributed by atoms with Crippen LogP contribution in [0.2, 0.25) is 0 Å². The zero-order chi connectivity index (χ0) is 15.2. The van der Waals surface area contributed by atoms with Crippen LogP contribution in [0.1, 0.15) is 24.1 Å². The van der Waals surface area contributed by atoms with E-state index >= 15 is 0 Å². The summed E-state index contributed by atoms with van der Waals surface area (Å²) in [5.41, 5.74) is 2.65. The molecule has 0 unspecified atom stereocenters. The van der Waals surface area contributed by atoms with Crippen LogP contribution < -0.4 is 10.6 Å². The van der Waals surface area contributed by atoms with E-state index in [0.717, 1.165) is 11.1 Å². The minimum atomic E-state index is -0.665. The first-order valence-electron chi connectivity index (χ1n) is 6.79. The van der Waals surface area contributed by atoms with Crippen LogP contribution in [0.15, 0.2) is 54.6 Å². The van der Waals surface area contributed by atoms with Gasteiger partial charge in [0.25, 0.3) is 0 Å². The van der Waals surface area contributed by atoms with Crippen molar-refractivity contribution in [3.8, 4) is 0 Å². The van der Waals surface area contributed by atoms with Crippen molar-refractivity contribution in [1.82, 2.24) is 5.32 Å². The van der Waals surface area contributed by atoms with Crippen molar-refractivity contribution in [3.63, 3.8) is 0 Å². The van der Waals surface area contributed by atoms with E-state index in [1.807, 2.05) is 56.3 Å². The molecule has 0 spiro atoms. The molecule has 0 saturated heterocycles. The lowest BCUT2D eigenvalue weighted by molar-refractivity contribution is -0.136. The van der Waals surface area contributed by atoms with Gasteiger partial charge in [-0.15, -0.1) is 0 Å². The number of carbonyl (C=O) groups excluding carboxylic acids is 2. The standard InChI is InChI=1S/C17H18N2O2/c1-12-8-10-15(11-9-12)19-17(21)16(20)18-13(2)14-6-4-3-5-7-14/h3-11,13H,1-2H3,(H,18,20)(H,19,21)/t13-/m0/s1. The van der Waals surface area contributed by atoms with Gasteiger partial charge < -0.3 is 10.6 Å². The van der Waals surface area contributed by atoms with Crippen LogP contribution in [-0.4, -0.2) is 11.8 Å². The van der Waals surface area contributed by atoms with Gasteiger partial charge in [0.2, 0.25) is 0 Å². The zero-order valence-corrected chi connectivity index (χ0v) is 12.1. The molecule has 1 atom stereocenters. The second-order valence-electron chi connectivity index (χ2n) is 4.93. The monoisotopic (exact) mass is 282 g/mol. The molecule has 0 fully saturated rings. The maximum absolute atomic E-state index is 11.9. The maximum atomic E-state index is 11.9. The lowest BCUT2D eigenvalue weighted by Crippen LogP contribution is -2.36. The summed E-state index contributed by atoms with van der Waals surface area (Å²) in [6.07, 6.45) is 0. The Morgan fingerprint density at radius 1 is 0.905 bits per heavy atom. The quantitative estimate of drug-likeness (QED) is 0.850. The van der Waals surface area contributed by atoms with Crippen LogP contribution in [0.5, 0.6) is 0 Å². The van der Waals surface area contributed by atoms with Gasteiger partial charge in [0.1, 0.15) is 0 Å². The van der Waals surface area contributed by atoms with Crippen LogP contribution in [0, 0.1) is 6.92 Å². The smallest absolute Gasteiger partial charge is 0.313 e. The Labute approximate surface area is 124 Å². The van der Waals surface area contributed by atoms with Crippen molar-refractivity contribution < 1.29 is 9.59 Å². The number of rotatable bonds is 3. The Morgan fingerprint density at radius 3 is 2.14 bits per heavy atom. The molecular formula is C17H18N2O2. The summed E-state index contributed by atoms with van der Waals surface area (Å²) >= 11 is 0. The molecule has 0 aliphatic rings. The Kier molecular flexibility index (Phi) is 4.72. The summed E-state index contributed by atoms with van der Waals surface area (Å²) in [7, 11) is 0. The van der Waals surface area contributed by atoms with Gasteiger partial charge in [0.05, 0.1) is 6.04 Å². The molecule has 21 heavy (non-hydrogen) atoms. The molecule has 0 saturated carbocycles. The summed E-state index contributed by atoms with van der Waals surface area (Å²) in [6.45, 7) is 3.80. The number of amides is 2. The van der Waals surface area contributed by atoms with E-state index in [9.17, 15) is 9.59 Å². The van der Waals surface area contributed by atoms with Crippen molar-refractivity contribution in [1.29, 1.82) is 0 Å². The molecule has 0 aliphatic heterocycles. The highest BCUT2D eigenvalue weighted by Crippen LogP contribution is 2.11. The van der Waals surface area contributed by atoms with Crippen LogP contribution >= 0.6 is 0 Å². The third-order valence-electron chi connectivity index (χ3n) is 3.16. The fourth-order valence-corrected chi connectivity index (χ4v) is 1.91. The lowest BCUT2D eigenvalue weighted by atomic mass is 10.1. The van der Waals surface area contributed by atoms with E-state index in [1.54, 1.807) is 12.1 Å². The molecule has 4 heteroatoms. The Bertz CT molecular complexity index is 621. The first kappa shape index (κ1) is 14.8. The van der Waals surface area contributed by atoms with E-state index < -0.39 is 11.8 Å². The van der Waals surface area contributed by atoms with Crippen molar-refractivity contribution in [2.45, 2.75) is 19.9 Å². The van der Waals surface area contributed by atoms with Crippen LogP contribution in [0.25, 0.3) is 0 Å². The Balaban J connectivity index is 1.93. The fourth-order valence-electron chi connectivity index (χ4n) is 1.91. The van der Waals surface area contributed by atoms with Crippen molar-refractivity contribution in [2.75, 3.05) is 5.32 Å². The minimum Gasteiger partial charge on any atom is -0.341 e.